The number of benzene rings is 2. The number of rotatable bonds is 5. The molecule has 2 N–H and O–H groups in total. The van der Waals surface area contributed by atoms with Gasteiger partial charge in [-0.15, -0.1) is 0 Å². The molecule has 4 aliphatic heterocycles. The minimum Gasteiger partial charge on any atom is -0.455 e. The van der Waals surface area contributed by atoms with E-state index >= 15 is 0 Å². The highest BCUT2D eigenvalue weighted by Gasteiger charge is 2.74. The van der Waals surface area contributed by atoms with Crippen molar-refractivity contribution in [2.24, 2.45) is 11.8 Å². The lowest BCUT2D eigenvalue weighted by atomic mass is 9.74. The van der Waals surface area contributed by atoms with E-state index in [-0.39, 0.29) is 32.0 Å². The number of amides is 3. The molecule has 3 amide bonds. The lowest BCUT2D eigenvalue weighted by Gasteiger charge is -2.38. The van der Waals surface area contributed by atoms with Crippen LogP contribution in [0.3, 0.4) is 0 Å². The summed E-state index contributed by atoms with van der Waals surface area (Å²) < 4.78 is 12.5. The Morgan fingerprint density at radius 1 is 1.04 bits per heavy atom. The second-order valence-electron chi connectivity index (χ2n) is 11.8. The molecule has 45 heavy (non-hydrogen) atoms. The van der Waals surface area contributed by atoms with Gasteiger partial charge in [-0.3, -0.25) is 19.2 Å². The lowest BCUT2D eigenvalue weighted by Crippen LogP contribution is -2.58. The molecule has 0 unspecified atom stereocenters. The summed E-state index contributed by atoms with van der Waals surface area (Å²) >= 11 is 6.16. The molecule has 0 radical (unpaired) electrons. The first-order valence-electron chi connectivity index (χ1n) is 15.3. The highest BCUT2D eigenvalue weighted by atomic mass is 35.5. The Bertz CT molecular complexity index is 1510. The molecule has 4 aliphatic rings. The predicted molar refractivity (Wildman–Crippen MR) is 166 cm³/mol. The Morgan fingerprint density at radius 3 is 2.51 bits per heavy atom. The van der Waals surface area contributed by atoms with Crippen molar-refractivity contribution >= 4 is 41.0 Å². The Balaban J connectivity index is 1.45. The summed E-state index contributed by atoms with van der Waals surface area (Å²) in [5.41, 5.74) is -0.202. The van der Waals surface area contributed by atoms with Crippen LogP contribution in [-0.2, 0) is 28.7 Å². The van der Waals surface area contributed by atoms with E-state index < -0.39 is 59.5 Å². The highest BCUT2D eigenvalue weighted by molar-refractivity contribution is 6.30. The van der Waals surface area contributed by atoms with Gasteiger partial charge in [-0.1, -0.05) is 73.2 Å². The van der Waals surface area contributed by atoms with Crippen LogP contribution >= 0.6 is 11.6 Å². The average Bonchev–Trinajstić information content (AvgIpc) is 3.69. The molecule has 6 rings (SSSR count). The third-order valence-corrected chi connectivity index (χ3v) is 9.46. The molecule has 10 nitrogen and oxygen atoms in total. The number of cyclic esters (lactones) is 1. The zero-order valence-corrected chi connectivity index (χ0v) is 25.6. The maximum absolute atomic E-state index is 14.8. The van der Waals surface area contributed by atoms with Gasteiger partial charge in [-0.25, -0.2) is 0 Å². The minimum atomic E-state index is -1.44. The van der Waals surface area contributed by atoms with Gasteiger partial charge in [-0.05, 0) is 42.7 Å². The maximum Gasteiger partial charge on any atom is 0.313 e. The van der Waals surface area contributed by atoms with E-state index in [1.165, 1.54) is 4.90 Å². The fourth-order valence-corrected chi connectivity index (χ4v) is 7.10. The Hall–Kier alpha value is -3.99. The molecule has 2 saturated heterocycles. The van der Waals surface area contributed by atoms with Crippen LogP contribution in [0.4, 0.5) is 5.69 Å². The van der Waals surface area contributed by atoms with Crippen LogP contribution in [0, 0.1) is 11.8 Å². The first-order valence-corrected chi connectivity index (χ1v) is 15.7. The number of aliphatic hydroxyl groups excluding tert-OH is 1. The van der Waals surface area contributed by atoms with E-state index in [4.69, 9.17) is 21.1 Å². The van der Waals surface area contributed by atoms with Crippen molar-refractivity contribution in [3.63, 3.8) is 0 Å². The van der Waals surface area contributed by atoms with Crippen LogP contribution < -0.4 is 10.2 Å². The number of likely N-dealkylation sites (tertiary alicyclic amines) is 1. The monoisotopic (exact) mass is 633 g/mol. The summed E-state index contributed by atoms with van der Waals surface area (Å²) in [6, 6.07) is 14.0. The number of anilines is 1. The maximum atomic E-state index is 14.8. The quantitative estimate of drug-likeness (QED) is 0.382. The predicted octanol–water partition coefficient (Wildman–Crippen LogP) is 3.35. The van der Waals surface area contributed by atoms with Crippen molar-refractivity contribution in [1.82, 2.24) is 10.2 Å². The third-order valence-electron chi connectivity index (χ3n) is 9.20. The summed E-state index contributed by atoms with van der Waals surface area (Å²) in [5.74, 6) is -3.80. The Morgan fingerprint density at radius 2 is 1.80 bits per heavy atom. The topological polar surface area (TPSA) is 125 Å². The molecule has 2 aromatic rings. The number of hydrogen-bond acceptors (Lipinski definition) is 7. The van der Waals surface area contributed by atoms with Crippen molar-refractivity contribution in [3.8, 4) is 0 Å². The zero-order valence-electron chi connectivity index (χ0n) is 24.9. The van der Waals surface area contributed by atoms with E-state index in [2.05, 4.69) is 5.32 Å². The molecule has 2 fully saturated rings. The number of allylic oxidation sites excluding steroid dienone is 1. The molecule has 0 aromatic heterocycles. The van der Waals surface area contributed by atoms with E-state index in [0.717, 1.165) is 0 Å². The van der Waals surface area contributed by atoms with Gasteiger partial charge in [0.1, 0.15) is 23.7 Å². The lowest BCUT2D eigenvalue weighted by molar-refractivity contribution is -0.160. The van der Waals surface area contributed by atoms with Gasteiger partial charge in [0.2, 0.25) is 11.8 Å². The molecular formula is C34H36ClN3O7. The molecule has 0 saturated carbocycles. The molecule has 0 aliphatic carbocycles. The smallest absolute Gasteiger partial charge is 0.313 e. The fraction of sp³-hybridized carbons (Fsp3) is 0.412. The normalized spacial score (nSPS) is 31.5. The van der Waals surface area contributed by atoms with Crippen LogP contribution in [0.2, 0.25) is 5.02 Å². The van der Waals surface area contributed by atoms with Crippen LogP contribution in [0.25, 0.3) is 0 Å². The number of halogens is 1. The number of aliphatic hydroxyl groups is 1. The summed E-state index contributed by atoms with van der Waals surface area (Å²) in [7, 11) is 0. The molecule has 5 bridgehead atoms. The largest absolute Gasteiger partial charge is 0.455 e. The number of hydrogen-bond donors (Lipinski definition) is 2. The zero-order chi connectivity index (χ0) is 31.7. The fourth-order valence-electron chi connectivity index (χ4n) is 6.98. The summed E-state index contributed by atoms with van der Waals surface area (Å²) in [6.45, 7) is 1.66. The van der Waals surface area contributed by atoms with E-state index in [1.54, 1.807) is 41.3 Å². The van der Waals surface area contributed by atoms with Gasteiger partial charge in [0.15, 0.2) is 0 Å². The van der Waals surface area contributed by atoms with Crippen molar-refractivity contribution < 1.29 is 33.8 Å². The van der Waals surface area contributed by atoms with E-state index in [0.29, 0.717) is 29.1 Å². The molecule has 2 aromatic carbocycles. The summed E-state index contributed by atoms with van der Waals surface area (Å²) in [5, 5.41) is 13.7. The van der Waals surface area contributed by atoms with Crippen molar-refractivity contribution in [3.05, 3.63) is 89.5 Å². The van der Waals surface area contributed by atoms with Crippen LogP contribution in [0.1, 0.15) is 37.9 Å². The third kappa shape index (κ3) is 5.55. The number of fused-ring (bicyclic) bond motifs is 2. The second-order valence-corrected chi connectivity index (χ2v) is 12.2. The Kier molecular flexibility index (Phi) is 8.81. The molecule has 1 spiro atoms. The summed E-state index contributed by atoms with van der Waals surface area (Å²) in [4.78, 5) is 58.9. The summed E-state index contributed by atoms with van der Waals surface area (Å²) in [6.07, 6.45) is 6.50. The SMILES string of the molecule is CC[C@@H](CO)N1C(=O)[C@@H]2[C@H]3C(=O)O[C@@H](c4ccccc4)CNC(=O)CC/C=C\CN(c4ccc(Cl)cc4)C(=O)[C@@H]1[C@]21C=C[C@H]3O1. The molecule has 236 valence electrons. The van der Waals surface area contributed by atoms with Crippen LogP contribution in [0.15, 0.2) is 78.9 Å². The minimum absolute atomic E-state index is 0.0517. The van der Waals surface area contributed by atoms with E-state index in [1.807, 2.05) is 49.4 Å². The number of carbonyl (C=O) groups is 4. The molecule has 11 heteroatoms. The molecular weight excluding hydrogens is 598 g/mol. The van der Waals surface area contributed by atoms with Gasteiger partial charge in [-0.2, -0.15) is 0 Å². The van der Waals surface area contributed by atoms with Crippen molar-refractivity contribution in [1.29, 1.82) is 0 Å². The first-order chi connectivity index (χ1) is 21.8. The van der Waals surface area contributed by atoms with Gasteiger partial charge in [0, 0.05) is 23.7 Å². The average molecular weight is 634 g/mol. The van der Waals surface area contributed by atoms with Crippen molar-refractivity contribution in [2.45, 2.75) is 56.1 Å². The van der Waals surface area contributed by atoms with Crippen LogP contribution in [-0.4, -0.2) is 77.2 Å². The number of carbonyl (C=O) groups excluding carboxylic acids is 4. The standard InChI is InChI=1S/C34H36ClN3O7/c1-2-23(20-39)38-30-32(42)37(24-14-12-22(35)13-15-24)18-8-4-7-11-27(40)36-19-26(21-9-5-3-6-10-21)44-33(43)28-25-16-17-34(30,45-25)29(28)31(38)41/h3-6,8-10,12-17,23,25-26,28-30,39H,2,7,11,18-20H2,1H3,(H,36,40)/b8-4-/t23-,25+,26+,28-,29-,30+,34-/m0/s1. The molecule has 4 heterocycles. The number of esters is 1. The van der Waals surface area contributed by atoms with Gasteiger partial charge < -0.3 is 29.7 Å². The first kappa shape index (κ1) is 31.0. The van der Waals surface area contributed by atoms with E-state index in [9.17, 15) is 24.3 Å². The van der Waals surface area contributed by atoms with Gasteiger partial charge >= 0.3 is 5.97 Å². The number of ether oxygens (including phenoxy) is 2. The van der Waals surface area contributed by atoms with Crippen LogP contribution in [0.5, 0.6) is 0 Å². The molecule has 7 atom stereocenters. The number of nitrogens with one attached hydrogen (secondary N) is 1. The highest BCUT2D eigenvalue weighted by Crippen LogP contribution is 2.56. The van der Waals surface area contributed by atoms with Crippen molar-refractivity contribution in [2.75, 3.05) is 24.6 Å². The van der Waals surface area contributed by atoms with Gasteiger partial charge in [0.05, 0.1) is 31.2 Å². The Labute approximate surface area is 266 Å². The number of nitrogens with zero attached hydrogens (tertiary/aromatic N) is 2. The van der Waals surface area contributed by atoms with Gasteiger partial charge in [0.25, 0.3) is 5.91 Å². The second kappa shape index (κ2) is 12.8.